The molecule has 0 unspecified atom stereocenters. The van der Waals surface area contributed by atoms with Crippen molar-refractivity contribution in [3.8, 4) is 17.2 Å². The molecule has 0 saturated carbocycles. The van der Waals surface area contributed by atoms with Crippen LogP contribution in [0.5, 0.6) is 17.2 Å². The standard InChI is InChI=1S/C24H14O5/c25-16-8-4-5-14(11-16)9-10-17-18-12-21-19(13-20(18)28-23(17)26)22(24(27)29-21)15-6-2-1-3-7-15/h1-13,25H. The summed E-state index contributed by atoms with van der Waals surface area (Å²) in [7, 11) is 0. The molecule has 0 aliphatic carbocycles. The van der Waals surface area contributed by atoms with Crippen molar-refractivity contribution in [1.29, 1.82) is 0 Å². The summed E-state index contributed by atoms with van der Waals surface area (Å²) in [6, 6.07) is 19.2. The number of benzene rings is 3. The summed E-state index contributed by atoms with van der Waals surface area (Å²) in [6.45, 7) is 0. The molecule has 0 radical (unpaired) electrons. The predicted octanol–water partition coefficient (Wildman–Crippen LogP) is 2.29. The van der Waals surface area contributed by atoms with Crippen LogP contribution in [-0.4, -0.2) is 17.0 Å². The van der Waals surface area contributed by atoms with Gasteiger partial charge in [-0.15, -0.1) is 0 Å². The molecule has 0 spiro atoms. The highest BCUT2D eigenvalue weighted by molar-refractivity contribution is 6.20. The van der Waals surface area contributed by atoms with Gasteiger partial charge in [0, 0.05) is 10.4 Å². The number of ether oxygens (including phenoxy) is 2. The maximum Gasteiger partial charge on any atom is 0.344 e. The second-order valence-electron chi connectivity index (χ2n) is 6.71. The Labute approximate surface area is 165 Å². The lowest BCUT2D eigenvalue weighted by atomic mass is 10.0. The van der Waals surface area contributed by atoms with Gasteiger partial charge in [0.25, 0.3) is 0 Å². The molecule has 0 amide bonds. The molecule has 29 heavy (non-hydrogen) atoms. The smallest absolute Gasteiger partial charge is 0.344 e. The first-order chi connectivity index (χ1) is 14.1. The van der Waals surface area contributed by atoms with Gasteiger partial charge >= 0.3 is 11.9 Å². The average Bonchev–Trinajstić information content (AvgIpc) is 3.19. The van der Waals surface area contributed by atoms with E-state index in [1.54, 1.807) is 42.5 Å². The molecule has 0 saturated heterocycles. The highest BCUT2D eigenvalue weighted by Gasteiger charge is 2.28. The Hall–Kier alpha value is -4.12. The molecular weight excluding hydrogens is 368 g/mol. The van der Waals surface area contributed by atoms with Crippen molar-refractivity contribution in [3.63, 3.8) is 0 Å². The zero-order valence-corrected chi connectivity index (χ0v) is 15.1. The van der Waals surface area contributed by atoms with Crippen molar-refractivity contribution in [3.05, 3.63) is 94.4 Å². The first kappa shape index (κ1) is 17.0. The number of hydrogen-bond donors (Lipinski definition) is 1. The summed E-state index contributed by atoms with van der Waals surface area (Å²) in [6.07, 6.45) is 3.35. The monoisotopic (exact) mass is 382 g/mol. The van der Waals surface area contributed by atoms with Gasteiger partial charge in [0.05, 0.1) is 11.1 Å². The summed E-state index contributed by atoms with van der Waals surface area (Å²) >= 11 is 0. The fourth-order valence-corrected chi connectivity index (χ4v) is 3.50. The van der Waals surface area contributed by atoms with Crippen molar-refractivity contribution in [1.82, 2.24) is 0 Å². The van der Waals surface area contributed by atoms with E-state index in [-0.39, 0.29) is 5.75 Å². The molecule has 1 N–H and O–H groups in total. The minimum atomic E-state index is -0.479. The second-order valence-corrected chi connectivity index (χ2v) is 6.71. The molecule has 0 bridgehead atoms. The maximum absolute atomic E-state index is 12.4. The first-order valence-electron chi connectivity index (χ1n) is 9.00. The van der Waals surface area contributed by atoms with Crippen molar-refractivity contribution in [2.24, 2.45) is 0 Å². The lowest BCUT2D eigenvalue weighted by Gasteiger charge is -1.98. The van der Waals surface area contributed by atoms with Crippen LogP contribution in [0.25, 0.3) is 17.2 Å². The molecule has 5 rings (SSSR count). The molecule has 5 nitrogen and oxygen atoms in total. The minimum absolute atomic E-state index is 0.139. The lowest BCUT2D eigenvalue weighted by Crippen LogP contribution is -2.10. The zero-order chi connectivity index (χ0) is 20.0. The van der Waals surface area contributed by atoms with Gasteiger partial charge in [-0.05, 0) is 41.5 Å². The van der Waals surface area contributed by atoms with E-state index in [4.69, 9.17) is 9.47 Å². The van der Waals surface area contributed by atoms with Gasteiger partial charge in [-0.3, -0.25) is 0 Å². The van der Waals surface area contributed by atoms with Crippen LogP contribution >= 0.6 is 0 Å². The molecule has 0 fully saturated rings. The van der Waals surface area contributed by atoms with Crippen molar-refractivity contribution in [2.45, 2.75) is 0 Å². The van der Waals surface area contributed by atoms with Gasteiger partial charge in [-0.25, -0.2) is 9.59 Å². The molecular formula is C24H14O5. The van der Waals surface area contributed by atoms with Crippen molar-refractivity contribution >= 4 is 29.2 Å². The zero-order valence-electron chi connectivity index (χ0n) is 15.1. The Kier molecular flexibility index (Phi) is 3.81. The van der Waals surface area contributed by atoms with E-state index in [2.05, 4.69) is 0 Å². The number of rotatable bonds is 3. The van der Waals surface area contributed by atoms with E-state index < -0.39 is 11.9 Å². The summed E-state index contributed by atoms with van der Waals surface area (Å²) in [5.41, 5.74) is 2.29. The van der Waals surface area contributed by atoms with Crippen LogP contribution in [0.1, 0.15) is 11.1 Å². The van der Waals surface area contributed by atoms with E-state index in [1.165, 1.54) is 0 Å². The number of fused-ring (bicyclic) bond motifs is 2. The van der Waals surface area contributed by atoms with E-state index in [0.717, 1.165) is 11.1 Å². The van der Waals surface area contributed by atoms with Crippen LogP contribution in [0.15, 0.2) is 72.8 Å². The Morgan fingerprint density at radius 3 is 2.24 bits per heavy atom. The number of aromatic hydroxyl groups is 1. The largest absolute Gasteiger partial charge is 0.508 e. The second kappa shape index (κ2) is 6.49. The number of carbonyl (C=O) groups is 2. The third-order valence-corrected chi connectivity index (χ3v) is 4.85. The summed E-state index contributed by atoms with van der Waals surface area (Å²) in [5, 5.41) is 10.7. The molecule has 3 aromatic carbocycles. The average molecular weight is 382 g/mol. The van der Waals surface area contributed by atoms with Crippen LogP contribution in [0.2, 0.25) is 0 Å². The van der Waals surface area contributed by atoms with E-state index >= 15 is 0 Å². The van der Waals surface area contributed by atoms with Gasteiger partial charge in [-0.1, -0.05) is 48.5 Å². The Morgan fingerprint density at radius 2 is 1.45 bits per heavy atom. The molecule has 2 heterocycles. The fraction of sp³-hybridized carbons (Fsp3) is 0. The number of carbonyl (C=O) groups excluding carboxylic acids is 2. The summed E-state index contributed by atoms with van der Waals surface area (Å²) < 4.78 is 10.9. The van der Waals surface area contributed by atoms with Crippen LogP contribution in [-0.2, 0) is 9.59 Å². The van der Waals surface area contributed by atoms with Crippen LogP contribution in [0.4, 0.5) is 0 Å². The quantitative estimate of drug-likeness (QED) is 0.556. The number of hydrogen-bond acceptors (Lipinski definition) is 5. The van der Waals surface area contributed by atoms with Crippen LogP contribution < -0.4 is 19.9 Å². The predicted molar refractivity (Wildman–Crippen MR) is 106 cm³/mol. The highest BCUT2D eigenvalue weighted by atomic mass is 16.5. The third-order valence-electron chi connectivity index (χ3n) is 4.85. The number of phenolic OH excluding ortho intramolecular Hbond substituents is 1. The highest BCUT2D eigenvalue weighted by Crippen LogP contribution is 2.25. The SMILES string of the molecule is O=C1Oc2cc3c(cc2=C1C=Cc1cccc(O)c1)OC(=O)C=3c1ccccc1. The third kappa shape index (κ3) is 2.89. The molecule has 0 atom stereocenters. The number of esters is 2. The van der Waals surface area contributed by atoms with Crippen molar-refractivity contribution < 1.29 is 24.2 Å². The van der Waals surface area contributed by atoms with Gasteiger partial charge in [0.15, 0.2) is 0 Å². The molecule has 5 heteroatoms. The molecule has 2 aliphatic heterocycles. The summed E-state index contributed by atoms with van der Waals surface area (Å²) in [4.78, 5) is 24.8. The minimum Gasteiger partial charge on any atom is -0.508 e. The Morgan fingerprint density at radius 1 is 0.724 bits per heavy atom. The molecule has 0 aromatic heterocycles. The van der Waals surface area contributed by atoms with Crippen LogP contribution in [0, 0.1) is 0 Å². The van der Waals surface area contributed by atoms with Gasteiger partial charge in [-0.2, -0.15) is 0 Å². The maximum atomic E-state index is 12.4. The topological polar surface area (TPSA) is 72.8 Å². The van der Waals surface area contributed by atoms with Gasteiger partial charge in [0.2, 0.25) is 0 Å². The van der Waals surface area contributed by atoms with Gasteiger partial charge in [0.1, 0.15) is 17.2 Å². The molecule has 140 valence electrons. The molecule has 2 aliphatic rings. The number of phenols is 1. The van der Waals surface area contributed by atoms with Gasteiger partial charge < -0.3 is 14.6 Å². The van der Waals surface area contributed by atoms with E-state index in [1.807, 2.05) is 36.4 Å². The van der Waals surface area contributed by atoms with E-state index in [9.17, 15) is 14.7 Å². The summed E-state index contributed by atoms with van der Waals surface area (Å²) in [5.74, 6) is 0.0103. The van der Waals surface area contributed by atoms with Crippen molar-refractivity contribution in [2.75, 3.05) is 0 Å². The fourth-order valence-electron chi connectivity index (χ4n) is 3.50. The Balaban J connectivity index is 1.66. The molecule has 3 aromatic rings. The lowest BCUT2D eigenvalue weighted by molar-refractivity contribution is -0.128. The Bertz CT molecular complexity index is 1330. The van der Waals surface area contributed by atoms with E-state index in [0.29, 0.717) is 33.1 Å². The first-order valence-corrected chi connectivity index (χ1v) is 9.00. The van der Waals surface area contributed by atoms with Crippen LogP contribution in [0.3, 0.4) is 0 Å². The normalized spacial score (nSPS) is 14.8.